The van der Waals surface area contributed by atoms with Gasteiger partial charge in [0.2, 0.25) is 5.91 Å². The molecule has 0 aliphatic rings. The number of rotatable bonds is 6. The van der Waals surface area contributed by atoms with Gasteiger partial charge in [0, 0.05) is 12.8 Å². The Hall–Kier alpha value is -3.40. The monoisotopic (exact) mass is 369 g/mol. The van der Waals surface area contributed by atoms with Gasteiger partial charge in [0.1, 0.15) is 5.82 Å². The van der Waals surface area contributed by atoms with E-state index in [2.05, 4.69) is 51.7 Å². The van der Waals surface area contributed by atoms with E-state index in [9.17, 15) is 4.79 Å². The normalized spacial score (nSPS) is 12.0. The lowest BCUT2D eigenvalue weighted by molar-refractivity contribution is -0.121. The van der Waals surface area contributed by atoms with Crippen LogP contribution in [0.4, 0.5) is 0 Å². The van der Waals surface area contributed by atoms with Crippen molar-refractivity contribution >= 4 is 16.9 Å². The number of H-pyrrole nitrogens is 1. The van der Waals surface area contributed by atoms with Crippen molar-refractivity contribution in [2.75, 3.05) is 0 Å². The van der Waals surface area contributed by atoms with E-state index >= 15 is 0 Å². The number of imidazole rings is 1. The average molecular weight is 369 g/mol. The van der Waals surface area contributed by atoms with Crippen molar-refractivity contribution in [1.82, 2.24) is 15.3 Å². The Morgan fingerprint density at radius 3 is 2.36 bits per heavy atom. The van der Waals surface area contributed by atoms with Crippen molar-refractivity contribution in [2.24, 2.45) is 0 Å². The number of hydrogen-bond donors (Lipinski definition) is 2. The summed E-state index contributed by atoms with van der Waals surface area (Å²) >= 11 is 0. The summed E-state index contributed by atoms with van der Waals surface area (Å²) < 4.78 is 0. The second kappa shape index (κ2) is 8.09. The summed E-state index contributed by atoms with van der Waals surface area (Å²) in [6.07, 6.45) is 1.01. The van der Waals surface area contributed by atoms with E-state index in [0.717, 1.165) is 22.4 Å². The first-order chi connectivity index (χ1) is 13.7. The largest absolute Gasteiger partial charge is 0.350 e. The second-order valence-corrected chi connectivity index (χ2v) is 6.98. The minimum atomic E-state index is -0.0343. The molecule has 28 heavy (non-hydrogen) atoms. The third-order valence-corrected chi connectivity index (χ3v) is 4.92. The number of carbonyl (C=O) groups excluding carboxylic acids is 1. The van der Waals surface area contributed by atoms with Crippen LogP contribution < -0.4 is 5.32 Å². The maximum atomic E-state index is 12.4. The molecule has 0 spiro atoms. The van der Waals surface area contributed by atoms with E-state index in [1.54, 1.807) is 0 Å². The Morgan fingerprint density at radius 2 is 1.61 bits per heavy atom. The van der Waals surface area contributed by atoms with Crippen LogP contribution in [0.1, 0.15) is 30.8 Å². The van der Waals surface area contributed by atoms with Crippen LogP contribution in [0, 0.1) is 0 Å². The average Bonchev–Trinajstić information content (AvgIpc) is 3.16. The number of nitrogens with one attached hydrogen (secondary N) is 2. The molecule has 4 rings (SSSR count). The van der Waals surface area contributed by atoms with Gasteiger partial charge in [-0.2, -0.15) is 0 Å². The minimum absolute atomic E-state index is 0.0279. The molecule has 0 fully saturated rings. The van der Waals surface area contributed by atoms with Gasteiger partial charge in [0.25, 0.3) is 0 Å². The van der Waals surface area contributed by atoms with E-state index < -0.39 is 0 Å². The maximum absolute atomic E-state index is 12.4. The van der Waals surface area contributed by atoms with Crippen LogP contribution in [-0.2, 0) is 11.2 Å². The van der Waals surface area contributed by atoms with Crippen molar-refractivity contribution in [3.05, 3.63) is 90.3 Å². The first-order valence-corrected chi connectivity index (χ1v) is 9.57. The number of nitrogens with zero attached hydrogens (tertiary/aromatic N) is 1. The van der Waals surface area contributed by atoms with Crippen molar-refractivity contribution < 1.29 is 4.79 Å². The number of aromatic amines is 1. The van der Waals surface area contributed by atoms with Gasteiger partial charge in [0.15, 0.2) is 0 Å². The lowest BCUT2D eigenvalue weighted by Crippen LogP contribution is -2.26. The van der Waals surface area contributed by atoms with Gasteiger partial charge in [0.05, 0.1) is 17.1 Å². The molecule has 2 N–H and O–H groups in total. The molecule has 0 radical (unpaired) electrons. The molecule has 140 valence electrons. The lowest BCUT2D eigenvalue weighted by atomic mass is 10.0. The highest BCUT2D eigenvalue weighted by molar-refractivity contribution is 5.77. The second-order valence-electron chi connectivity index (χ2n) is 6.98. The first kappa shape index (κ1) is 18.0. The Bertz CT molecular complexity index is 1030. The summed E-state index contributed by atoms with van der Waals surface area (Å²) in [5.41, 5.74) is 5.40. The molecule has 1 atom stereocenters. The molecule has 0 aliphatic carbocycles. The highest BCUT2D eigenvalue weighted by Crippen LogP contribution is 2.22. The van der Waals surface area contributed by atoms with Crippen molar-refractivity contribution in [2.45, 2.75) is 25.8 Å². The summed E-state index contributed by atoms with van der Waals surface area (Å²) in [4.78, 5) is 20.1. The van der Waals surface area contributed by atoms with Crippen LogP contribution >= 0.6 is 0 Å². The Kier molecular flexibility index (Phi) is 5.20. The summed E-state index contributed by atoms with van der Waals surface area (Å²) in [5.74, 6) is 0.872. The van der Waals surface area contributed by atoms with E-state index in [-0.39, 0.29) is 11.9 Å². The van der Waals surface area contributed by atoms with Crippen LogP contribution in [0.5, 0.6) is 0 Å². The number of para-hydroxylation sites is 2. The Labute approximate surface area is 164 Å². The highest BCUT2D eigenvalue weighted by Gasteiger charge is 2.11. The van der Waals surface area contributed by atoms with Gasteiger partial charge in [-0.3, -0.25) is 4.79 Å². The van der Waals surface area contributed by atoms with E-state index in [1.165, 1.54) is 11.1 Å². The number of benzene rings is 3. The van der Waals surface area contributed by atoms with Crippen molar-refractivity contribution in [3.63, 3.8) is 0 Å². The Balaban J connectivity index is 1.33. The molecule has 4 aromatic rings. The Morgan fingerprint density at radius 1 is 0.929 bits per heavy atom. The van der Waals surface area contributed by atoms with Crippen LogP contribution in [0.3, 0.4) is 0 Å². The van der Waals surface area contributed by atoms with Gasteiger partial charge in [-0.1, -0.05) is 66.7 Å². The first-order valence-electron chi connectivity index (χ1n) is 9.57. The molecule has 0 unspecified atom stereocenters. The van der Waals surface area contributed by atoms with Crippen LogP contribution in [0.2, 0.25) is 0 Å². The van der Waals surface area contributed by atoms with E-state index in [1.807, 2.05) is 49.4 Å². The molecule has 1 heterocycles. The standard InChI is InChI=1S/C24H23N3O/c1-17(18-11-13-20(14-12-18)19-7-3-2-4-8-19)25-24(28)16-15-23-26-21-9-5-6-10-22(21)27-23/h2-14,17H,15-16H2,1H3,(H,25,28)(H,26,27)/t17-/m1/s1. The molecule has 4 nitrogen and oxygen atoms in total. The molecule has 0 saturated carbocycles. The number of aryl methyl sites for hydroxylation is 1. The number of fused-ring (bicyclic) bond motifs is 1. The molecule has 1 amide bonds. The number of aromatic nitrogens is 2. The molecule has 4 heteroatoms. The highest BCUT2D eigenvalue weighted by atomic mass is 16.1. The molecule has 0 aliphatic heterocycles. The van der Waals surface area contributed by atoms with Gasteiger partial charge < -0.3 is 10.3 Å². The predicted octanol–water partition coefficient (Wildman–Crippen LogP) is 5.04. The van der Waals surface area contributed by atoms with E-state index in [4.69, 9.17) is 0 Å². The quantitative estimate of drug-likeness (QED) is 0.500. The zero-order valence-electron chi connectivity index (χ0n) is 15.9. The lowest BCUT2D eigenvalue weighted by Gasteiger charge is -2.15. The van der Waals surface area contributed by atoms with E-state index in [0.29, 0.717) is 12.8 Å². The molecule has 1 aromatic heterocycles. The molecular weight excluding hydrogens is 346 g/mol. The molecular formula is C24H23N3O. The molecule has 0 saturated heterocycles. The number of hydrogen-bond acceptors (Lipinski definition) is 2. The van der Waals surface area contributed by atoms with Gasteiger partial charge in [-0.25, -0.2) is 4.98 Å². The zero-order valence-corrected chi connectivity index (χ0v) is 15.9. The van der Waals surface area contributed by atoms with Crippen molar-refractivity contribution in [3.8, 4) is 11.1 Å². The molecule has 0 bridgehead atoms. The predicted molar refractivity (Wildman–Crippen MR) is 113 cm³/mol. The van der Waals surface area contributed by atoms with Crippen LogP contribution in [-0.4, -0.2) is 15.9 Å². The zero-order chi connectivity index (χ0) is 19.3. The summed E-state index contributed by atoms with van der Waals surface area (Å²) in [6.45, 7) is 2.01. The SMILES string of the molecule is C[C@@H](NC(=O)CCc1nc2ccccc2[nH]1)c1ccc(-c2ccccc2)cc1. The van der Waals surface area contributed by atoms with Gasteiger partial charge >= 0.3 is 0 Å². The minimum Gasteiger partial charge on any atom is -0.350 e. The topological polar surface area (TPSA) is 57.8 Å². The smallest absolute Gasteiger partial charge is 0.220 e. The van der Waals surface area contributed by atoms with Gasteiger partial charge in [-0.05, 0) is 35.7 Å². The third-order valence-electron chi connectivity index (χ3n) is 4.92. The van der Waals surface area contributed by atoms with Crippen LogP contribution in [0.25, 0.3) is 22.2 Å². The van der Waals surface area contributed by atoms with Crippen molar-refractivity contribution in [1.29, 1.82) is 0 Å². The maximum Gasteiger partial charge on any atom is 0.220 e. The fraction of sp³-hybridized carbons (Fsp3) is 0.167. The summed E-state index contributed by atoms with van der Waals surface area (Å²) in [6, 6.07) is 26.5. The fourth-order valence-electron chi connectivity index (χ4n) is 3.35. The summed E-state index contributed by atoms with van der Waals surface area (Å²) in [5, 5.41) is 3.08. The summed E-state index contributed by atoms with van der Waals surface area (Å²) in [7, 11) is 0. The molecule has 3 aromatic carbocycles. The number of carbonyl (C=O) groups is 1. The van der Waals surface area contributed by atoms with Crippen LogP contribution in [0.15, 0.2) is 78.9 Å². The number of amides is 1. The third kappa shape index (κ3) is 4.12. The fourth-order valence-corrected chi connectivity index (χ4v) is 3.35. The van der Waals surface area contributed by atoms with Gasteiger partial charge in [-0.15, -0.1) is 0 Å².